The number of nitrogen functional groups attached to an aromatic ring is 1. The third kappa shape index (κ3) is 2.84. The molecule has 1 rings (SSSR count). The lowest BCUT2D eigenvalue weighted by Gasteiger charge is -2.05. The van der Waals surface area contributed by atoms with E-state index in [9.17, 15) is 4.79 Å². The number of allylic oxidation sites excluding steroid dienone is 2. The van der Waals surface area contributed by atoms with Crippen molar-refractivity contribution in [3.63, 3.8) is 0 Å². The van der Waals surface area contributed by atoms with Gasteiger partial charge in [0.25, 0.3) is 0 Å². The largest absolute Gasteiger partial charge is 0.497 e. The quantitative estimate of drug-likeness (QED) is 0.468. The fraction of sp³-hybridized carbons (Fsp3) is 0.250. The summed E-state index contributed by atoms with van der Waals surface area (Å²) in [6, 6.07) is 5.05. The fourth-order valence-corrected chi connectivity index (χ4v) is 1.22. The van der Waals surface area contributed by atoms with Gasteiger partial charge in [0.05, 0.1) is 7.11 Å². The molecule has 0 aliphatic heterocycles. The summed E-state index contributed by atoms with van der Waals surface area (Å²) in [6.45, 7) is 3.74. The highest BCUT2D eigenvalue weighted by Gasteiger charge is 2.08. The average molecular weight is 205 g/mol. The maximum atomic E-state index is 11.7. The van der Waals surface area contributed by atoms with Gasteiger partial charge in [0.15, 0.2) is 5.78 Å². The lowest BCUT2D eigenvalue weighted by atomic mass is 10.1. The van der Waals surface area contributed by atoms with E-state index in [1.54, 1.807) is 31.4 Å². The van der Waals surface area contributed by atoms with Crippen molar-refractivity contribution in [2.75, 3.05) is 12.8 Å². The molecule has 3 nitrogen and oxygen atoms in total. The molecular weight excluding hydrogens is 190 g/mol. The van der Waals surface area contributed by atoms with Gasteiger partial charge in [-0.1, -0.05) is 5.57 Å². The standard InChI is InChI=1S/C12H15NO2/c1-8(2)6-12(14)10-7-9(15-3)4-5-11(10)13/h4-7H,13H2,1-3H3. The zero-order chi connectivity index (χ0) is 11.4. The summed E-state index contributed by atoms with van der Waals surface area (Å²) in [5, 5.41) is 0. The van der Waals surface area contributed by atoms with Gasteiger partial charge in [0.2, 0.25) is 0 Å². The maximum absolute atomic E-state index is 11.7. The third-order valence-electron chi connectivity index (χ3n) is 1.95. The normalized spacial score (nSPS) is 9.53. The Morgan fingerprint density at radius 1 is 1.40 bits per heavy atom. The molecule has 0 aromatic heterocycles. The Morgan fingerprint density at radius 3 is 2.60 bits per heavy atom. The van der Waals surface area contributed by atoms with Crippen LogP contribution in [0.1, 0.15) is 24.2 Å². The highest BCUT2D eigenvalue weighted by atomic mass is 16.5. The number of nitrogens with two attached hydrogens (primary N) is 1. The van der Waals surface area contributed by atoms with Crippen LogP contribution in [0.5, 0.6) is 5.75 Å². The van der Waals surface area contributed by atoms with Crippen molar-refractivity contribution in [2.24, 2.45) is 0 Å². The number of ketones is 1. The second kappa shape index (κ2) is 4.64. The van der Waals surface area contributed by atoms with Crippen LogP contribution in [0, 0.1) is 0 Å². The predicted octanol–water partition coefficient (Wildman–Crippen LogP) is 2.43. The van der Waals surface area contributed by atoms with Crippen molar-refractivity contribution in [2.45, 2.75) is 13.8 Å². The van der Waals surface area contributed by atoms with E-state index in [0.29, 0.717) is 17.0 Å². The van der Waals surface area contributed by atoms with E-state index in [4.69, 9.17) is 10.5 Å². The van der Waals surface area contributed by atoms with Gasteiger partial charge >= 0.3 is 0 Å². The summed E-state index contributed by atoms with van der Waals surface area (Å²) in [5.41, 5.74) is 7.61. The van der Waals surface area contributed by atoms with Crippen LogP contribution in [0.2, 0.25) is 0 Å². The first-order chi connectivity index (χ1) is 7.04. The molecule has 0 atom stereocenters. The number of benzene rings is 1. The van der Waals surface area contributed by atoms with Crippen molar-refractivity contribution in [3.05, 3.63) is 35.4 Å². The van der Waals surface area contributed by atoms with Gasteiger partial charge in [-0.25, -0.2) is 0 Å². The van der Waals surface area contributed by atoms with Crippen LogP contribution in [0.3, 0.4) is 0 Å². The predicted molar refractivity (Wildman–Crippen MR) is 61.2 cm³/mol. The summed E-state index contributed by atoms with van der Waals surface area (Å²) in [4.78, 5) is 11.7. The molecule has 0 bridgehead atoms. The number of methoxy groups -OCH3 is 1. The SMILES string of the molecule is COc1ccc(N)c(C(=O)C=C(C)C)c1. The molecule has 0 aliphatic rings. The number of anilines is 1. The van der Waals surface area contributed by atoms with E-state index in [-0.39, 0.29) is 5.78 Å². The highest BCUT2D eigenvalue weighted by molar-refractivity contribution is 6.08. The number of rotatable bonds is 3. The molecule has 80 valence electrons. The number of carbonyl (C=O) groups excluding carboxylic acids is 1. The van der Waals surface area contributed by atoms with Gasteiger partial charge in [-0.05, 0) is 38.1 Å². The van der Waals surface area contributed by atoms with E-state index in [2.05, 4.69) is 0 Å². The minimum atomic E-state index is -0.0913. The van der Waals surface area contributed by atoms with Crippen molar-refractivity contribution >= 4 is 11.5 Å². The molecular formula is C12H15NO2. The van der Waals surface area contributed by atoms with Crippen molar-refractivity contribution < 1.29 is 9.53 Å². The smallest absolute Gasteiger partial charge is 0.187 e. The van der Waals surface area contributed by atoms with E-state index in [1.165, 1.54) is 0 Å². The summed E-state index contributed by atoms with van der Waals surface area (Å²) >= 11 is 0. The summed E-state index contributed by atoms with van der Waals surface area (Å²) < 4.78 is 5.04. The molecule has 0 saturated carbocycles. The Bertz CT molecular complexity index is 404. The first-order valence-corrected chi connectivity index (χ1v) is 4.67. The van der Waals surface area contributed by atoms with Crippen molar-refractivity contribution in [3.8, 4) is 5.75 Å². The van der Waals surface area contributed by atoms with E-state index in [1.807, 2.05) is 13.8 Å². The molecule has 1 aromatic rings. The van der Waals surface area contributed by atoms with Gasteiger partial charge < -0.3 is 10.5 Å². The molecule has 0 unspecified atom stereocenters. The molecule has 2 N–H and O–H groups in total. The molecule has 1 aromatic carbocycles. The fourth-order valence-electron chi connectivity index (χ4n) is 1.22. The molecule has 15 heavy (non-hydrogen) atoms. The van der Waals surface area contributed by atoms with Crippen molar-refractivity contribution in [1.29, 1.82) is 0 Å². The second-order valence-electron chi connectivity index (χ2n) is 3.54. The average Bonchev–Trinajstić information content (AvgIpc) is 2.17. The van der Waals surface area contributed by atoms with Crippen LogP contribution in [0.15, 0.2) is 29.8 Å². The first kappa shape index (κ1) is 11.3. The Balaban J connectivity index is 3.12. The summed E-state index contributed by atoms with van der Waals surface area (Å²) in [6.07, 6.45) is 1.56. The third-order valence-corrected chi connectivity index (χ3v) is 1.95. The second-order valence-corrected chi connectivity index (χ2v) is 3.54. The van der Waals surface area contributed by atoms with Gasteiger partial charge in [0.1, 0.15) is 5.75 Å². The zero-order valence-corrected chi connectivity index (χ0v) is 9.20. The van der Waals surface area contributed by atoms with E-state index >= 15 is 0 Å². The van der Waals surface area contributed by atoms with Gasteiger partial charge in [-0.2, -0.15) is 0 Å². The number of hydrogen-bond acceptors (Lipinski definition) is 3. The first-order valence-electron chi connectivity index (χ1n) is 4.67. The van der Waals surface area contributed by atoms with Gasteiger partial charge in [-0.3, -0.25) is 4.79 Å². The molecule has 0 amide bonds. The number of ether oxygens (including phenoxy) is 1. The minimum absolute atomic E-state index is 0.0913. The summed E-state index contributed by atoms with van der Waals surface area (Å²) in [7, 11) is 1.56. The number of carbonyl (C=O) groups is 1. The molecule has 0 radical (unpaired) electrons. The molecule has 0 aliphatic carbocycles. The molecule has 0 spiro atoms. The minimum Gasteiger partial charge on any atom is -0.497 e. The molecule has 0 saturated heterocycles. The van der Waals surface area contributed by atoms with Crippen LogP contribution in [0.4, 0.5) is 5.69 Å². The number of hydrogen-bond donors (Lipinski definition) is 1. The van der Waals surface area contributed by atoms with Gasteiger partial charge in [-0.15, -0.1) is 0 Å². The lowest BCUT2D eigenvalue weighted by Crippen LogP contribution is -2.01. The van der Waals surface area contributed by atoms with Crippen molar-refractivity contribution in [1.82, 2.24) is 0 Å². The molecule has 0 heterocycles. The Labute approximate surface area is 89.5 Å². The van der Waals surface area contributed by atoms with E-state index in [0.717, 1.165) is 5.57 Å². The van der Waals surface area contributed by atoms with E-state index < -0.39 is 0 Å². The molecule has 3 heteroatoms. The van der Waals surface area contributed by atoms with Crippen LogP contribution in [-0.2, 0) is 0 Å². The van der Waals surface area contributed by atoms with Crippen LogP contribution < -0.4 is 10.5 Å². The lowest BCUT2D eigenvalue weighted by molar-refractivity contribution is 0.104. The Morgan fingerprint density at radius 2 is 2.07 bits per heavy atom. The highest BCUT2D eigenvalue weighted by Crippen LogP contribution is 2.20. The summed E-state index contributed by atoms with van der Waals surface area (Å²) in [5.74, 6) is 0.543. The maximum Gasteiger partial charge on any atom is 0.187 e. The van der Waals surface area contributed by atoms with Crippen LogP contribution in [0.25, 0.3) is 0 Å². The monoisotopic (exact) mass is 205 g/mol. The Hall–Kier alpha value is -1.77. The zero-order valence-electron chi connectivity index (χ0n) is 9.20. The van der Waals surface area contributed by atoms with Gasteiger partial charge in [0, 0.05) is 11.3 Å². The van der Waals surface area contributed by atoms with Crippen LogP contribution in [-0.4, -0.2) is 12.9 Å². The Kier molecular flexibility index (Phi) is 3.50. The topological polar surface area (TPSA) is 52.3 Å². The van der Waals surface area contributed by atoms with Crippen LogP contribution >= 0.6 is 0 Å². The molecule has 0 fully saturated rings.